The van der Waals surface area contributed by atoms with Crippen LogP contribution in [0, 0.1) is 5.92 Å². The predicted molar refractivity (Wildman–Crippen MR) is 85.2 cm³/mol. The first-order chi connectivity index (χ1) is 11.2. The van der Waals surface area contributed by atoms with Crippen LogP contribution in [0.25, 0.3) is 5.57 Å². The molecule has 0 bridgehead atoms. The number of carbonyl (C=O) groups excluding carboxylic acids is 1. The fourth-order valence-corrected chi connectivity index (χ4v) is 3.42. The van der Waals surface area contributed by atoms with E-state index in [1.165, 1.54) is 0 Å². The van der Waals surface area contributed by atoms with Gasteiger partial charge < -0.3 is 18.9 Å². The lowest BCUT2D eigenvalue weighted by Gasteiger charge is -2.40. The second-order valence-corrected chi connectivity index (χ2v) is 5.93. The smallest absolute Gasteiger partial charge is 0.173 e. The number of ketones is 1. The first kappa shape index (κ1) is 16.0. The van der Waals surface area contributed by atoms with Crippen LogP contribution in [0.2, 0.25) is 0 Å². The van der Waals surface area contributed by atoms with Crippen LogP contribution in [0.3, 0.4) is 0 Å². The molecule has 23 heavy (non-hydrogen) atoms. The number of hydrogen-bond donors (Lipinski definition) is 0. The molecule has 0 saturated heterocycles. The lowest BCUT2D eigenvalue weighted by atomic mass is 9.76. The van der Waals surface area contributed by atoms with Crippen molar-refractivity contribution in [3.05, 3.63) is 36.1 Å². The Morgan fingerprint density at radius 3 is 2.26 bits per heavy atom. The molecular formula is C18H22O5. The van der Waals surface area contributed by atoms with Gasteiger partial charge in [0.15, 0.2) is 5.78 Å². The highest BCUT2D eigenvalue weighted by Gasteiger charge is 2.44. The quantitative estimate of drug-likeness (QED) is 0.853. The lowest BCUT2D eigenvalue weighted by Crippen LogP contribution is -2.48. The molecule has 3 rings (SSSR count). The number of ether oxygens (including phenoxy) is 4. The number of methoxy groups -OCH3 is 3. The molecule has 0 amide bonds. The SMILES string of the molecule is COc1ccc(C2=COC3CC(OC)C(OC)CC3C2=O)cc1. The first-order valence-corrected chi connectivity index (χ1v) is 7.77. The Morgan fingerprint density at radius 1 is 1.00 bits per heavy atom. The number of carbonyl (C=O) groups is 1. The van der Waals surface area contributed by atoms with Crippen LogP contribution in [0.4, 0.5) is 0 Å². The molecule has 4 unspecified atom stereocenters. The zero-order chi connectivity index (χ0) is 16.4. The molecule has 0 spiro atoms. The Labute approximate surface area is 136 Å². The number of fused-ring (bicyclic) bond motifs is 1. The molecular weight excluding hydrogens is 296 g/mol. The second-order valence-electron chi connectivity index (χ2n) is 5.93. The predicted octanol–water partition coefficient (Wildman–Crippen LogP) is 2.44. The maximum Gasteiger partial charge on any atom is 0.173 e. The fourth-order valence-electron chi connectivity index (χ4n) is 3.42. The van der Waals surface area contributed by atoms with Crippen molar-refractivity contribution in [2.24, 2.45) is 5.92 Å². The minimum absolute atomic E-state index is 0.0370. The molecule has 1 heterocycles. The number of allylic oxidation sites excluding steroid dienone is 1. The average molecular weight is 318 g/mol. The number of Topliss-reactive ketones (excluding diaryl/α,β-unsaturated/α-hetero) is 1. The summed E-state index contributed by atoms with van der Waals surface area (Å²) in [4.78, 5) is 12.9. The molecule has 0 radical (unpaired) electrons. The van der Waals surface area contributed by atoms with Crippen LogP contribution in [0.5, 0.6) is 5.75 Å². The molecule has 5 heteroatoms. The van der Waals surface area contributed by atoms with Crippen molar-refractivity contribution in [3.63, 3.8) is 0 Å². The van der Waals surface area contributed by atoms with E-state index in [2.05, 4.69) is 0 Å². The lowest BCUT2D eigenvalue weighted by molar-refractivity contribution is -0.140. The Hall–Kier alpha value is -1.85. The van der Waals surface area contributed by atoms with E-state index < -0.39 is 0 Å². The van der Waals surface area contributed by atoms with Gasteiger partial charge in [0, 0.05) is 20.6 Å². The van der Waals surface area contributed by atoms with E-state index in [1.54, 1.807) is 27.6 Å². The summed E-state index contributed by atoms with van der Waals surface area (Å²) in [6.45, 7) is 0. The zero-order valence-electron chi connectivity index (χ0n) is 13.7. The molecule has 1 aliphatic heterocycles. The maximum absolute atomic E-state index is 12.9. The van der Waals surface area contributed by atoms with Crippen molar-refractivity contribution in [1.82, 2.24) is 0 Å². The van der Waals surface area contributed by atoms with Gasteiger partial charge >= 0.3 is 0 Å². The van der Waals surface area contributed by atoms with Gasteiger partial charge in [0.1, 0.15) is 11.9 Å². The van der Waals surface area contributed by atoms with Crippen molar-refractivity contribution >= 4 is 11.4 Å². The number of rotatable bonds is 4. The van der Waals surface area contributed by atoms with E-state index in [1.807, 2.05) is 24.3 Å². The summed E-state index contributed by atoms with van der Waals surface area (Å²) in [5.74, 6) is 0.688. The summed E-state index contributed by atoms with van der Waals surface area (Å²) < 4.78 is 22.0. The van der Waals surface area contributed by atoms with Crippen molar-refractivity contribution in [1.29, 1.82) is 0 Å². The maximum atomic E-state index is 12.9. The van der Waals surface area contributed by atoms with Crippen molar-refractivity contribution in [3.8, 4) is 5.75 Å². The Balaban J connectivity index is 1.83. The second kappa shape index (κ2) is 6.72. The summed E-state index contributed by atoms with van der Waals surface area (Å²) in [5, 5.41) is 0. The highest BCUT2D eigenvalue weighted by Crippen LogP contribution is 2.38. The van der Waals surface area contributed by atoms with E-state index in [4.69, 9.17) is 18.9 Å². The van der Waals surface area contributed by atoms with Crippen LogP contribution in [0.1, 0.15) is 18.4 Å². The Morgan fingerprint density at radius 2 is 1.65 bits per heavy atom. The highest BCUT2D eigenvalue weighted by molar-refractivity contribution is 6.22. The van der Waals surface area contributed by atoms with Crippen molar-refractivity contribution < 1.29 is 23.7 Å². The molecule has 1 fully saturated rings. The van der Waals surface area contributed by atoms with Gasteiger partial charge in [0.2, 0.25) is 0 Å². The molecule has 1 saturated carbocycles. The largest absolute Gasteiger partial charge is 0.497 e. The number of benzene rings is 1. The third-order valence-corrected chi connectivity index (χ3v) is 4.78. The van der Waals surface area contributed by atoms with Crippen molar-refractivity contribution in [2.45, 2.75) is 31.2 Å². The van der Waals surface area contributed by atoms with E-state index in [0.29, 0.717) is 18.4 Å². The van der Waals surface area contributed by atoms with Gasteiger partial charge in [-0.1, -0.05) is 12.1 Å². The third-order valence-electron chi connectivity index (χ3n) is 4.78. The summed E-state index contributed by atoms with van der Waals surface area (Å²) >= 11 is 0. The van der Waals surface area contributed by atoms with Crippen LogP contribution in [0.15, 0.2) is 30.5 Å². The van der Waals surface area contributed by atoms with Crippen LogP contribution in [-0.2, 0) is 19.0 Å². The molecule has 1 aromatic carbocycles. The molecule has 5 nitrogen and oxygen atoms in total. The molecule has 2 aliphatic rings. The van der Waals surface area contributed by atoms with Crippen LogP contribution in [-0.4, -0.2) is 45.4 Å². The van der Waals surface area contributed by atoms with E-state index in [0.717, 1.165) is 11.3 Å². The van der Waals surface area contributed by atoms with Gasteiger partial charge in [0.25, 0.3) is 0 Å². The van der Waals surface area contributed by atoms with Gasteiger partial charge in [-0.05, 0) is 24.1 Å². The average Bonchev–Trinajstić information content (AvgIpc) is 2.61. The monoisotopic (exact) mass is 318 g/mol. The normalized spacial score (nSPS) is 30.2. The summed E-state index contributed by atoms with van der Waals surface area (Å²) in [7, 11) is 4.94. The topological polar surface area (TPSA) is 54.0 Å². The van der Waals surface area contributed by atoms with Gasteiger partial charge in [-0.3, -0.25) is 4.79 Å². The van der Waals surface area contributed by atoms with Gasteiger partial charge in [-0.15, -0.1) is 0 Å². The van der Waals surface area contributed by atoms with E-state index in [9.17, 15) is 4.79 Å². The molecule has 4 atom stereocenters. The minimum atomic E-state index is -0.187. The highest BCUT2D eigenvalue weighted by atomic mass is 16.5. The summed E-state index contributed by atoms with van der Waals surface area (Å²) in [5.41, 5.74) is 1.46. The molecule has 0 aromatic heterocycles. The first-order valence-electron chi connectivity index (χ1n) is 7.77. The Kier molecular flexibility index (Phi) is 4.68. The summed E-state index contributed by atoms with van der Waals surface area (Å²) in [6, 6.07) is 7.44. The van der Waals surface area contributed by atoms with Gasteiger partial charge in [-0.25, -0.2) is 0 Å². The standard InChI is InChI=1S/C18H22O5/c1-20-12-6-4-11(5-7-12)14-10-23-15-9-17(22-3)16(21-2)8-13(15)18(14)19/h4-7,10,13,15-17H,8-9H2,1-3H3. The molecule has 1 aliphatic carbocycles. The van der Waals surface area contributed by atoms with E-state index in [-0.39, 0.29) is 30.0 Å². The van der Waals surface area contributed by atoms with Crippen LogP contribution >= 0.6 is 0 Å². The fraction of sp³-hybridized carbons (Fsp3) is 0.500. The molecule has 124 valence electrons. The van der Waals surface area contributed by atoms with Crippen LogP contribution < -0.4 is 4.74 Å². The molecule has 1 aromatic rings. The minimum Gasteiger partial charge on any atom is -0.497 e. The van der Waals surface area contributed by atoms with Crippen molar-refractivity contribution in [2.75, 3.05) is 21.3 Å². The number of hydrogen-bond acceptors (Lipinski definition) is 5. The summed E-state index contributed by atoms with van der Waals surface area (Å²) in [6.07, 6.45) is 2.62. The van der Waals surface area contributed by atoms with Gasteiger partial charge in [-0.2, -0.15) is 0 Å². The third kappa shape index (κ3) is 2.99. The van der Waals surface area contributed by atoms with E-state index >= 15 is 0 Å². The van der Waals surface area contributed by atoms with Gasteiger partial charge in [0.05, 0.1) is 37.1 Å². The Bertz CT molecular complexity index is 592. The zero-order valence-corrected chi connectivity index (χ0v) is 13.7. The molecule has 0 N–H and O–H groups in total.